The molecule has 0 amide bonds. The van der Waals surface area contributed by atoms with Crippen LogP contribution in [0, 0.1) is 0 Å². The molecule has 3 heterocycles. The monoisotopic (exact) mass is 527 g/mol. The molecule has 0 N–H and O–H groups in total. The lowest BCUT2D eigenvalue weighted by atomic mass is 9.97. The van der Waals surface area contributed by atoms with E-state index in [4.69, 9.17) is 9.40 Å². The molecular formula is C37H21NOS. The van der Waals surface area contributed by atoms with Crippen LogP contribution in [0.2, 0.25) is 0 Å². The van der Waals surface area contributed by atoms with Gasteiger partial charge in [0.2, 0.25) is 0 Å². The molecule has 9 rings (SSSR count). The van der Waals surface area contributed by atoms with Gasteiger partial charge in [0.25, 0.3) is 0 Å². The highest BCUT2D eigenvalue weighted by Gasteiger charge is 2.15. The van der Waals surface area contributed by atoms with Crippen LogP contribution in [-0.4, -0.2) is 4.98 Å². The molecule has 0 aliphatic rings. The van der Waals surface area contributed by atoms with Crippen LogP contribution in [0.1, 0.15) is 0 Å². The first-order valence-corrected chi connectivity index (χ1v) is 14.3. The molecular weight excluding hydrogens is 506 g/mol. The maximum absolute atomic E-state index is 6.20. The SMILES string of the molecule is c1ccc2c(c1)oc1cc3nc(-c4ccc(-c5cccc6c5sc5ccccc56)cc4)c4ccccc4c3cc12. The average molecular weight is 528 g/mol. The van der Waals surface area contributed by atoms with Crippen molar-refractivity contribution in [1.29, 1.82) is 0 Å². The molecule has 0 bridgehead atoms. The predicted molar refractivity (Wildman–Crippen MR) is 170 cm³/mol. The smallest absolute Gasteiger partial charge is 0.137 e. The predicted octanol–water partition coefficient (Wildman–Crippen LogP) is 11.0. The maximum atomic E-state index is 6.20. The second kappa shape index (κ2) is 8.25. The number of fused-ring (bicyclic) bond motifs is 9. The third kappa shape index (κ3) is 3.13. The number of rotatable bonds is 2. The molecule has 0 aliphatic carbocycles. The summed E-state index contributed by atoms with van der Waals surface area (Å²) >= 11 is 1.87. The van der Waals surface area contributed by atoms with E-state index in [2.05, 4.69) is 115 Å². The standard InChI is InChI=1S/C37H21NOS/c1-2-11-28-25(8-1)30-20-31-26-9-3-5-14-33(26)39-34(31)21-32(30)38-36(28)23-18-16-22(17-19-23)24-12-7-13-29-27-10-4-6-15-35(27)40-37(24)29/h1-21H. The van der Waals surface area contributed by atoms with E-state index in [0.29, 0.717) is 0 Å². The van der Waals surface area contributed by atoms with Crippen molar-refractivity contribution in [2.24, 2.45) is 0 Å². The number of pyridine rings is 1. The molecule has 0 atom stereocenters. The summed E-state index contributed by atoms with van der Waals surface area (Å²) in [6.07, 6.45) is 0. The Morgan fingerprint density at radius 3 is 2.05 bits per heavy atom. The number of thiophene rings is 1. The second-order valence-electron chi connectivity index (χ2n) is 10.3. The van der Waals surface area contributed by atoms with Crippen molar-refractivity contribution in [2.75, 3.05) is 0 Å². The van der Waals surface area contributed by atoms with Gasteiger partial charge in [0, 0.05) is 53.3 Å². The summed E-state index contributed by atoms with van der Waals surface area (Å²) in [5, 5.41) is 8.41. The van der Waals surface area contributed by atoms with E-state index < -0.39 is 0 Å². The van der Waals surface area contributed by atoms with Crippen molar-refractivity contribution in [3.8, 4) is 22.4 Å². The Hall–Kier alpha value is -4.99. The van der Waals surface area contributed by atoms with Crippen molar-refractivity contribution in [2.45, 2.75) is 0 Å². The van der Waals surface area contributed by atoms with Crippen LogP contribution in [-0.2, 0) is 0 Å². The van der Waals surface area contributed by atoms with Gasteiger partial charge in [0.15, 0.2) is 0 Å². The van der Waals surface area contributed by atoms with Gasteiger partial charge < -0.3 is 4.42 Å². The van der Waals surface area contributed by atoms with Gasteiger partial charge in [0.05, 0.1) is 11.2 Å². The molecule has 0 saturated heterocycles. The molecule has 186 valence electrons. The van der Waals surface area contributed by atoms with Crippen molar-refractivity contribution < 1.29 is 4.42 Å². The van der Waals surface area contributed by atoms with Crippen molar-refractivity contribution >= 4 is 75.1 Å². The quantitative estimate of drug-likeness (QED) is 0.209. The molecule has 0 unspecified atom stereocenters. The summed E-state index contributed by atoms with van der Waals surface area (Å²) in [6, 6.07) is 45.3. The number of benzene rings is 6. The minimum atomic E-state index is 0.870. The Kier molecular flexibility index (Phi) is 4.52. The number of hydrogen-bond donors (Lipinski definition) is 0. The Labute approximate surface area is 233 Å². The number of hydrogen-bond acceptors (Lipinski definition) is 3. The molecule has 6 aromatic carbocycles. The molecule has 0 saturated carbocycles. The minimum Gasteiger partial charge on any atom is -0.456 e. The third-order valence-corrected chi connectivity index (χ3v) is 9.29. The Bertz CT molecular complexity index is 2430. The Morgan fingerprint density at radius 1 is 0.475 bits per heavy atom. The van der Waals surface area contributed by atoms with Gasteiger partial charge in [-0.15, -0.1) is 11.3 Å². The highest BCUT2D eigenvalue weighted by Crippen LogP contribution is 2.41. The summed E-state index contributed by atoms with van der Waals surface area (Å²) in [4.78, 5) is 5.22. The van der Waals surface area contributed by atoms with Gasteiger partial charge in [-0.05, 0) is 34.7 Å². The maximum Gasteiger partial charge on any atom is 0.137 e. The van der Waals surface area contributed by atoms with Crippen molar-refractivity contribution in [3.63, 3.8) is 0 Å². The van der Waals surface area contributed by atoms with Gasteiger partial charge in [-0.1, -0.05) is 103 Å². The van der Waals surface area contributed by atoms with E-state index in [1.807, 2.05) is 23.5 Å². The molecule has 0 fully saturated rings. The normalized spacial score (nSPS) is 12.0. The van der Waals surface area contributed by atoms with Gasteiger partial charge in [-0.2, -0.15) is 0 Å². The zero-order valence-electron chi connectivity index (χ0n) is 21.4. The highest BCUT2D eigenvalue weighted by molar-refractivity contribution is 7.26. The summed E-state index contributed by atoms with van der Waals surface area (Å²) in [5.41, 5.74) is 7.30. The second-order valence-corrected chi connectivity index (χ2v) is 11.4. The summed E-state index contributed by atoms with van der Waals surface area (Å²) in [7, 11) is 0. The fraction of sp³-hybridized carbons (Fsp3) is 0. The van der Waals surface area contributed by atoms with E-state index >= 15 is 0 Å². The number of aromatic nitrogens is 1. The first kappa shape index (κ1) is 21.9. The number of para-hydroxylation sites is 1. The van der Waals surface area contributed by atoms with Crippen LogP contribution in [0.4, 0.5) is 0 Å². The molecule has 2 nitrogen and oxygen atoms in total. The number of furan rings is 1. The van der Waals surface area contributed by atoms with E-state index in [1.165, 1.54) is 36.7 Å². The van der Waals surface area contributed by atoms with Gasteiger partial charge in [-0.3, -0.25) is 0 Å². The van der Waals surface area contributed by atoms with Crippen LogP contribution in [0.5, 0.6) is 0 Å². The van der Waals surface area contributed by atoms with E-state index in [1.54, 1.807) is 0 Å². The lowest BCUT2D eigenvalue weighted by Gasteiger charge is -2.11. The van der Waals surface area contributed by atoms with Crippen molar-refractivity contribution in [3.05, 3.63) is 127 Å². The lowest BCUT2D eigenvalue weighted by Crippen LogP contribution is -1.90. The summed E-state index contributed by atoms with van der Waals surface area (Å²) < 4.78 is 8.86. The largest absolute Gasteiger partial charge is 0.456 e. The average Bonchev–Trinajstić information content (AvgIpc) is 3.58. The summed E-state index contributed by atoms with van der Waals surface area (Å²) in [5.74, 6) is 0. The van der Waals surface area contributed by atoms with Crippen LogP contribution < -0.4 is 0 Å². The Balaban J connectivity index is 1.23. The van der Waals surface area contributed by atoms with Gasteiger partial charge in [-0.25, -0.2) is 4.98 Å². The fourth-order valence-electron chi connectivity index (χ4n) is 6.18. The topological polar surface area (TPSA) is 26.0 Å². The molecule has 9 aromatic rings. The van der Waals surface area contributed by atoms with E-state index in [9.17, 15) is 0 Å². The zero-order valence-corrected chi connectivity index (χ0v) is 22.2. The Morgan fingerprint density at radius 2 is 1.18 bits per heavy atom. The summed E-state index contributed by atoms with van der Waals surface area (Å²) in [6.45, 7) is 0. The van der Waals surface area contributed by atoms with Crippen LogP contribution in [0.3, 0.4) is 0 Å². The van der Waals surface area contributed by atoms with E-state index in [-0.39, 0.29) is 0 Å². The minimum absolute atomic E-state index is 0.870. The zero-order chi connectivity index (χ0) is 26.2. The van der Waals surface area contributed by atoms with Crippen LogP contribution in [0.25, 0.3) is 86.2 Å². The van der Waals surface area contributed by atoms with E-state index in [0.717, 1.165) is 49.5 Å². The lowest BCUT2D eigenvalue weighted by molar-refractivity contribution is 0.669. The molecule has 0 aliphatic heterocycles. The van der Waals surface area contributed by atoms with Gasteiger partial charge in [0.1, 0.15) is 11.2 Å². The molecule has 3 aromatic heterocycles. The molecule has 40 heavy (non-hydrogen) atoms. The molecule has 0 spiro atoms. The molecule has 3 heteroatoms. The molecule has 0 radical (unpaired) electrons. The number of nitrogens with zero attached hydrogens (tertiary/aromatic N) is 1. The highest BCUT2D eigenvalue weighted by atomic mass is 32.1. The first-order chi connectivity index (χ1) is 19.8. The van der Waals surface area contributed by atoms with Crippen LogP contribution in [0.15, 0.2) is 132 Å². The van der Waals surface area contributed by atoms with Crippen molar-refractivity contribution in [1.82, 2.24) is 4.98 Å². The first-order valence-electron chi connectivity index (χ1n) is 13.5. The van der Waals surface area contributed by atoms with Crippen LogP contribution >= 0.6 is 11.3 Å². The fourth-order valence-corrected chi connectivity index (χ4v) is 7.41. The van der Waals surface area contributed by atoms with Gasteiger partial charge >= 0.3 is 0 Å². The third-order valence-electron chi connectivity index (χ3n) is 8.07.